The number of nitrogens with one attached hydrogen (secondary N) is 3. The maximum atomic E-state index is 6.02. The van der Waals surface area contributed by atoms with E-state index in [-0.39, 0.29) is 0 Å². The fraction of sp³-hybridized carbons (Fsp3) is 0.250. The molecule has 0 aromatic heterocycles. The van der Waals surface area contributed by atoms with Crippen molar-refractivity contribution < 1.29 is 9.47 Å². The largest absolute Gasteiger partial charge is 0.497 e. The fourth-order valence-corrected chi connectivity index (χ4v) is 2.96. The summed E-state index contributed by atoms with van der Waals surface area (Å²) in [6.07, 6.45) is 2.01. The topological polar surface area (TPSA) is 54.5 Å². The molecule has 136 valence electrons. The van der Waals surface area contributed by atoms with Crippen molar-refractivity contribution >= 4 is 28.7 Å². The quantitative estimate of drug-likeness (QED) is 0.559. The highest BCUT2D eigenvalue weighted by molar-refractivity contribution is 7.80. The average Bonchev–Trinajstić information content (AvgIpc) is 2.58. The van der Waals surface area contributed by atoms with Crippen molar-refractivity contribution in [3.63, 3.8) is 0 Å². The number of hydrogen-bond acceptors (Lipinski definition) is 4. The van der Waals surface area contributed by atoms with E-state index in [1.54, 1.807) is 7.11 Å². The van der Waals surface area contributed by atoms with Crippen molar-refractivity contribution in [2.45, 2.75) is 26.4 Å². The van der Waals surface area contributed by atoms with Crippen molar-refractivity contribution in [2.75, 3.05) is 12.4 Å². The molecular weight excluding hydrogens is 346 g/mol. The maximum absolute atomic E-state index is 6.02. The van der Waals surface area contributed by atoms with Gasteiger partial charge < -0.3 is 14.8 Å². The van der Waals surface area contributed by atoms with Gasteiger partial charge in [-0.3, -0.25) is 10.9 Å². The van der Waals surface area contributed by atoms with Gasteiger partial charge in [-0.05, 0) is 75.0 Å². The van der Waals surface area contributed by atoms with Crippen LogP contribution in [0.15, 0.2) is 48.5 Å². The van der Waals surface area contributed by atoms with E-state index in [2.05, 4.69) is 16.2 Å². The zero-order chi connectivity index (χ0) is 18.7. The summed E-state index contributed by atoms with van der Waals surface area (Å²) in [5, 5.41) is 3.64. The minimum atomic E-state index is -0.433. The molecule has 26 heavy (non-hydrogen) atoms. The molecule has 0 amide bonds. The summed E-state index contributed by atoms with van der Waals surface area (Å²) in [4.78, 5) is 0. The first-order valence-electron chi connectivity index (χ1n) is 8.36. The molecule has 2 aromatic carbocycles. The minimum absolute atomic E-state index is 0.433. The number of hydrazine groups is 1. The highest BCUT2D eigenvalue weighted by Crippen LogP contribution is 2.36. The van der Waals surface area contributed by atoms with E-state index in [1.165, 1.54) is 5.56 Å². The first-order chi connectivity index (χ1) is 12.4. The molecule has 0 saturated carbocycles. The summed E-state index contributed by atoms with van der Waals surface area (Å²) in [5.74, 6) is 1.56. The second kappa shape index (κ2) is 7.25. The number of thiocarbonyl (C=S) groups is 1. The summed E-state index contributed by atoms with van der Waals surface area (Å²) in [6, 6.07) is 13.8. The molecule has 0 spiro atoms. The predicted octanol–water partition coefficient (Wildman–Crippen LogP) is 4.01. The molecule has 1 heterocycles. The molecule has 2 aromatic rings. The number of rotatable bonds is 4. The first kappa shape index (κ1) is 18.1. The van der Waals surface area contributed by atoms with Crippen molar-refractivity contribution in [1.29, 1.82) is 0 Å². The molecule has 0 radical (unpaired) electrons. The lowest BCUT2D eigenvalue weighted by atomic mass is 9.99. The second-order valence-corrected chi connectivity index (χ2v) is 7.11. The Morgan fingerprint density at radius 2 is 1.96 bits per heavy atom. The maximum Gasteiger partial charge on any atom is 0.189 e. The number of hydrogen-bond donors (Lipinski definition) is 3. The lowest BCUT2D eigenvalue weighted by Gasteiger charge is -2.31. The molecule has 0 aliphatic carbocycles. The van der Waals surface area contributed by atoms with Crippen LogP contribution in [0.1, 0.15) is 25.0 Å². The Balaban J connectivity index is 1.74. The molecule has 0 fully saturated rings. The molecule has 0 bridgehead atoms. The van der Waals surface area contributed by atoms with Crippen LogP contribution in [-0.2, 0) is 0 Å². The number of methoxy groups -OCH3 is 1. The van der Waals surface area contributed by atoms with Crippen molar-refractivity contribution in [3.8, 4) is 11.5 Å². The van der Waals surface area contributed by atoms with Gasteiger partial charge in [-0.15, -0.1) is 0 Å². The fourth-order valence-electron chi connectivity index (χ4n) is 2.79. The van der Waals surface area contributed by atoms with Gasteiger partial charge in [0.1, 0.15) is 17.1 Å². The van der Waals surface area contributed by atoms with E-state index in [0.717, 1.165) is 28.4 Å². The van der Waals surface area contributed by atoms with Gasteiger partial charge in [0.2, 0.25) is 0 Å². The Bertz CT molecular complexity index is 862. The van der Waals surface area contributed by atoms with Gasteiger partial charge in [0.25, 0.3) is 0 Å². The molecule has 0 unspecified atom stereocenters. The number of ether oxygens (including phenoxy) is 2. The van der Waals surface area contributed by atoms with Crippen molar-refractivity contribution in [3.05, 3.63) is 59.7 Å². The van der Waals surface area contributed by atoms with Gasteiger partial charge in [0, 0.05) is 11.3 Å². The summed E-state index contributed by atoms with van der Waals surface area (Å²) in [6.45, 7) is 6.05. The van der Waals surface area contributed by atoms with Crippen LogP contribution in [0.3, 0.4) is 0 Å². The molecule has 0 atom stereocenters. The highest BCUT2D eigenvalue weighted by atomic mass is 32.1. The smallest absolute Gasteiger partial charge is 0.189 e. The van der Waals surface area contributed by atoms with Crippen LogP contribution in [0.2, 0.25) is 0 Å². The van der Waals surface area contributed by atoms with Crippen molar-refractivity contribution in [1.82, 2.24) is 10.9 Å². The van der Waals surface area contributed by atoms with Gasteiger partial charge >= 0.3 is 0 Å². The van der Waals surface area contributed by atoms with E-state index < -0.39 is 5.60 Å². The normalized spacial score (nSPS) is 14.4. The monoisotopic (exact) mass is 369 g/mol. The molecule has 0 saturated heterocycles. The molecule has 5 nitrogen and oxygen atoms in total. The van der Waals surface area contributed by atoms with E-state index in [0.29, 0.717) is 5.11 Å². The third-order valence-electron chi connectivity index (χ3n) is 3.93. The van der Waals surface area contributed by atoms with Gasteiger partial charge in [-0.25, -0.2) is 0 Å². The minimum Gasteiger partial charge on any atom is -0.497 e. The van der Waals surface area contributed by atoms with Gasteiger partial charge in [0.05, 0.1) is 12.8 Å². The molecule has 1 aliphatic rings. The number of benzene rings is 2. The van der Waals surface area contributed by atoms with Crippen molar-refractivity contribution in [2.24, 2.45) is 0 Å². The van der Waals surface area contributed by atoms with Crippen LogP contribution in [-0.4, -0.2) is 17.8 Å². The Kier molecular flexibility index (Phi) is 5.04. The third kappa shape index (κ3) is 4.26. The van der Waals surface area contributed by atoms with Crippen LogP contribution in [0.25, 0.3) is 5.70 Å². The molecule has 6 heteroatoms. The summed E-state index contributed by atoms with van der Waals surface area (Å²) < 4.78 is 11.3. The summed E-state index contributed by atoms with van der Waals surface area (Å²) in [5.41, 5.74) is 9.69. The second-order valence-electron chi connectivity index (χ2n) is 6.70. The molecular formula is C20H23N3O2S. The highest BCUT2D eigenvalue weighted by Gasteiger charge is 2.27. The van der Waals surface area contributed by atoms with Gasteiger partial charge in [-0.2, -0.15) is 0 Å². The summed E-state index contributed by atoms with van der Waals surface area (Å²) in [7, 11) is 1.64. The van der Waals surface area contributed by atoms with E-state index >= 15 is 0 Å². The van der Waals surface area contributed by atoms with Crippen LogP contribution >= 0.6 is 12.2 Å². The summed E-state index contributed by atoms with van der Waals surface area (Å²) >= 11 is 5.38. The standard InChI is InChI=1S/C20H23N3O2S/c1-13-6-5-7-14(10-13)21-19(26)23-22-17-12-20(2,3)25-18-9-8-15(24-4)11-16(17)18/h5-12,22H,1-4H3,(H2,21,23,26). The number of aryl methyl sites for hydroxylation is 1. The number of anilines is 1. The average molecular weight is 369 g/mol. The Morgan fingerprint density at radius 1 is 1.15 bits per heavy atom. The van der Waals surface area contributed by atoms with E-state index in [1.807, 2.05) is 69.3 Å². The molecule has 1 aliphatic heterocycles. The van der Waals surface area contributed by atoms with Crippen LogP contribution in [0.5, 0.6) is 11.5 Å². The third-order valence-corrected chi connectivity index (χ3v) is 4.13. The van der Waals surface area contributed by atoms with E-state index in [9.17, 15) is 0 Å². The first-order valence-corrected chi connectivity index (χ1v) is 8.77. The zero-order valence-electron chi connectivity index (χ0n) is 15.3. The van der Waals surface area contributed by atoms with Gasteiger partial charge in [-0.1, -0.05) is 12.1 Å². The van der Waals surface area contributed by atoms with Crippen LogP contribution in [0.4, 0.5) is 5.69 Å². The van der Waals surface area contributed by atoms with Crippen LogP contribution < -0.4 is 25.6 Å². The molecule has 3 N–H and O–H groups in total. The number of fused-ring (bicyclic) bond motifs is 1. The Hall–Kier alpha value is -2.73. The zero-order valence-corrected chi connectivity index (χ0v) is 16.2. The Labute approximate surface area is 159 Å². The predicted molar refractivity (Wildman–Crippen MR) is 109 cm³/mol. The van der Waals surface area contributed by atoms with Crippen LogP contribution in [0, 0.1) is 6.92 Å². The Morgan fingerprint density at radius 3 is 2.69 bits per heavy atom. The van der Waals surface area contributed by atoms with Gasteiger partial charge in [0.15, 0.2) is 5.11 Å². The lowest BCUT2D eigenvalue weighted by Crippen LogP contribution is -2.41. The van der Waals surface area contributed by atoms with E-state index in [4.69, 9.17) is 21.7 Å². The lowest BCUT2D eigenvalue weighted by molar-refractivity contribution is 0.157. The molecule has 3 rings (SSSR count). The SMILES string of the molecule is COc1ccc2c(c1)C(NNC(=S)Nc1cccc(C)c1)=CC(C)(C)O2.